The van der Waals surface area contributed by atoms with Crippen molar-refractivity contribution < 1.29 is 18.3 Å². The van der Waals surface area contributed by atoms with Gasteiger partial charge in [0.2, 0.25) is 0 Å². The summed E-state index contributed by atoms with van der Waals surface area (Å²) >= 11 is 3.59. The molecule has 3 atom stereocenters. The van der Waals surface area contributed by atoms with Gasteiger partial charge in [-0.1, -0.05) is 36.7 Å². The van der Waals surface area contributed by atoms with Crippen LogP contribution >= 0.6 is 15.9 Å². The molecule has 0 unspecified atom stereocenters. The molecule has 1 aromatic heterocycles. The number of anilines is 1. The lowest BCUT2D eigenvalue weighted by molar-refractivity contribution is 0.0655. The Balaban J connectivity index is 1.43. The Morgan fingerprint density at radius 2 is 2.03 bits per heavy atom. The van der Waals surface area contributed by atoms with E-state index in [1.165, 1.54) is 0 Å². The minimum absolute atomic E-state index is 0.0425. The molecular weight excluding hydrogens is 555 g/mol. The summed E-state index contributed by atoms with van der Waals surface area (Å²) in [4.78, 5) is 14.2. The normalized spacial score (nSPS) is 27.5. The zero-order valence-corrected chi connectivity index (χ0v) is 25.3. The van der Waals surface area contributed by atoms with Gasteiger partial charge in [-0.25, -0.2) is 4.39 Å². The van der Waals surface area contributed by atoms with Gasteiger partial charge in [0.25, 0.3) is 0 Å². The van der Waals surface area contributed by atoms with E-state index in [1.54, 1.807) is 0 Å². The molecule has 0 amide bonds. The summed E-state index contributed by atoms with van der Waals surface area (Å²) in [6.07, 6.45) is 1.72. The highest BCUT2D eigenvalue weighted by atomic mass is 79.9. The van der Waals surface area contributed by atoms with Gasteiger partial charge in [0, 0.05) is 35.9 Å². The van der Waals surface area contributed by atoms with Crippen molar-refractivity contribution in [2.75, 3.05) is 50.9 Å². The van der Waals surface area contributed by atoms with Crippen molar-refractivity contribution in [2.24, 2.45) is 0 Å². The number of fused-ring (bicyclic) bond motifs is 2. The van der Waals surface area contributed by atoms with Gasteiger partial charge in [-0.05, 0) is 55.7 Å². The summed E-state index contributed by atoms with van der Waals surface area (Å²) in [5.74, 6) is 0.831. The van der Waals surface area contributed by atoms with Gasteiger partial charge >= 0.3 is 6.01 Å². The number of halogens is 2. The average molecular weight is 596 g/mol. The molecule has 0 bridgehead atoms. The highest BCUT2D eigenvalue weighted by molar-refractivity contribution is 9.10. The Morgan fingerprint density at radius 1 is 1.22 bits per heavy atom. The third-order valence-electron chi connectivity index (χ3n) is 8.65. The van der Waals surface area contributed by atoms with Gasteiger partial charge in [0.05, 0.1) is 30.4 Å². The standard InChI is InChI=1S/C27H40BrFN4O3Si/c1-26(2,3)37(4,5)36-21-16-32(11-12-34-17-21)24-22-8-7-19(28)13-23(22)30-25(31-24)35-18-27-9-6-10-33(27)15-20(29)14-27/h7-8,13,20-21H,6,9-12,14-18H2,1-5H3/t20-,21+,27+/m1/s1. The summed E-state index contributed by atoms with van der Waals surface area (Å²) < 4.78 is 34.2. The first-order chi connectivity index (χ1) is 17.5. The SMILES string of the molecule is CC(C)(C)[Si](C)(C)O[C@@H]1COCCN(c2nc(OC[C@@]34CCCN3C[C@H](F)C4)nc3cc(Br)ccc23)C1. The van der Waals surface area contributed by atoms with Crippen molar-refractivity contribution in [3.63, 3.8) is 0 Å². The molecule has 3 fully saturated rings. The molecule has 0 aliphatic carbocycles. The van der Waals surface area contributed by atoms with Crippen LogP contribution in [0.5, 0.6) is 6.01 Å². The molecule has 4 heterocycles. The van der Waals surface area contributed by atoms with Gasteiger partial charge in [0.15, 0.2) is 8.32 Å². The molecule has 1 aromatic carbocycles. The molecule has 204 valence electrons. The third kappa shape index (κ3) is 5.69. The predicted octanol–water partition coefficient (Wildman–Crippen LogP) is 5.57. The van der Waals surface area contributed by atoms with Crippen LogP contribution in [0.3, 0.4) is 0 Å². The first kappa shape index (κ1) is 27.2. The molecule has 0 saturated carbocycles. The van der Waals surface area contributed by atoms with Gasteiger partial charge < -0.3 is 18.8 Å². The van der Waals surface area contributed by atoms with Crippen molar-refractivity contribution in [2.45, 2.75) is 76.0 Å². The first-order valence-corrected chi connectivity index (χ1v) is 17.2. The van der Waals surface area contributed by atoms with E-state index >= 15 is 0 Å². The highest BCUT2D eigenvalue weighted by Gasteiger charge is 2.49. The van der Waals surface area contributed by atoms with Crippen LogP contribution in [0.4, 0.5) is 10.2 Å². The number of nitrogens with zero attached hydrogens (tertiary/aromatic N) is 4. The van der Waals surface area contributed by atoms with Crippen molar-refractivity contribution in [1.82, 2.24) is 14.9 Å². The Morgan fingerprint density at radius 3 is 2.81 bits per heavy atom. The van der Waals surface area contributed by atoms with Crippen molar-refractivity contribution in [3.8, 4) is 6.01 Å². The molecule has 3 saturated heterocycles. The summed E-state index contributed by atoms with van der Waals surface area (Å²) in [6.45, 7) is 15.8. The topological polar surface area (TPSA) is 60.0 Å². The fourth-order valence-corrected chi connectivity index (χ4v) is 7.33. The zero-order chi connectivity index (χ0) is 26.4. The maximum atomic E-state index is 14.3. The maximum absolute atomic E-state index is 14.3. The molecule has 3 aliphatic rings. The predicted molar refractivity (Wildman–Crippen MR) is 151 cm³/mol. The Hall–Kier alpha value is -1.33. The fourth-order valence-electron chi connectivity index (χ4n) is 5.65. The molecule has 3 aliphatic heterocycles. The zero-order valence-electron chi connectivity index (χ0n) is 22.7. The van der Waals surface area contributed by atoms with E-state index in [0.717, 1.165) is 40.6 Å². The van der Waals surface area contributed by atoms with E-state index in [-0.39, 0.29) is 16.7 Å². The second-order valence-electron chi connectivity index (χ2n) is 12.4. The molecule has 0 spiro atoms. The number of hydrogen-bond donors (Lipinski definition) is 0. The number of ether oxygens (including phenoxy) is 2. The van der Waals surface area contributed by atoms with Gasteiger partial charge in [0.1, 0.15) is 18.6 Å². The second-order valence-corrected chi connectivity index (χ2v) is 18.0. The molecule has 10 heteroatoms. The largest absolute Gasteiger partial charge is 0.461 e. The summed E-state index contributed by atoms with van der Waals surface area (Å²) in [5, 5.41) is 1.08. The molecule has 37 heavy (non-hydrogen) atoms. The van der Waals surface area contributed by atoms with Crippen molar-refractivity contribution in [3.05, 3.63) is 22.7 Å². The van der Waals surface area contributed by atoms with E-state index in [0.29, 0.717) is 51.9 Å². The van der Waals surface area contributed by atoms with Crippen molar-refractivity contribution in [1.29, 1.82) is 0 Å². The van der Waals surface area contributed by atoms with Gasteiger partial charge in [-0.15, -0.1) is 0 Å². The minimum Gasteiger partial charge on any atom is -0.461 e. The van der Waals surface area contributed by atoms with Crippen LogP contribution in [-0.2, 0) is 9.16 Å². The molecule has 0 N–H and O–H groups in total. The molecule has 7 nitrogen and oxygen atoms in total. The lowest BCUT2D eigenvalue weighted by Crippen LogP contribution is -2.47. The van der Waals surface area contributed by atoms with Crippen LogP contribution in [0.1, 0.15) is 40.0 Å². The Labute approximate surface area is 229 Å². The quantitative estimate of drug-likeness (QED) is 0.405. The summed E-state index contributed by atoms with van der Waals surface area (Å²) in [6, 6.07) is 6.41. The molecule has 5 rings (SSSR count). The van der Waals surface area contributed by atoms with E-state index < -0.39 is 14.5 Å². The molecule has 0 radical (unpaired) electrons. The fraction of sp³-hybridized carbons (Fsp3) is 0.704. The average Bonchev–Trinajstić information content (AvgIpc) is 3.23. The number of aromatic nitrogens is 2. The number of rotatable bonds is 6. The van der Waals surface area contributed by atoms with Gasteiger partial charge in [-0.2, -0.15) is 9.97 Å². The van der Waals surface area contributed by atoms with Crippen LogP contribution in [0.2, 0.25) is 18.1 Å². The van der Waals surface area contributed by atoms with E-state index in [9.17, 15) is 4.39 Å². The van der Waals surface area contributed by atoms with Crippen molar-refractivity contribution >= 4 is 41.0 Å². The molecule has 2 aromatic rings. The number of benzene rings is 1. The minimum atomic E-state index is -1.97. The first-order valence-electron chi connectivity index (χ1n) is 13.5. The Kier molecular flexibility index (Phi) is 7.61. The van der Waals surface area contributed by atoms with E-state index in [4.69, 9.17) is 23.9 Å². The smallest absolute Gasteiger partial charge is 0.319 e. The lowest BCUT2D eigenvalue weighted by Gasteiger charge is -2.39. The summed E-state index contributed by atoms with van der Waals surface area (Å²) in [5.41, 5.74) is 0.574. The Bertz CT molecular complexity index is 1130. The molecular formula is C27H40BrFN4O3Si. The van der Waals surface area contributed by atoms with Crippen LogP contribution in [-0.4, -0.2) is 87.0 Å². The van der Waals surface area contributed by atoms with Crippen LogP contribution in [0.25, 0.3) is 10.9 Å². The van der Waals surface area contributed by atoms with Crippen LogP contribution in [0.15, 0.2) is 22.7 Å². The van der Waals surface area contributed by atoms with Crippen LogP contribution in [0, 0.1) is 0 Å². The number of hydrogen-bond acceptors (Lipinski definition) is 7. The third-order valence-corrected chi connectivity index (χ3v) is 13.7. The van der Waals surface area contributed by atoms with E-state index in [1.807, 2.05) is 12.1 Å². The second kappa shape index (κ2) is 10.3. The highest BCUT2D eigenvalue weighted by Crippen LogP contribution is 2.41. The maximum Gasteiger partial charge on any atom is 0.319 e. The lowest BCUT2D eigenvalue weighted by atomic mass is 9.95. The van der Waals surface area contributed by atoms with Gasteiger partial charge in [-0.3, -0.25) is 4.90 Å². The number of alkyl halides is 1. The summed E-state index contributed by atoms with van der Waals surface area (Å²) in [7, 11) is -1.97. The van der Waals surface area contributed by atoms with Crippen LogP contribution < -0.4 is 9.64 Å². The monoisotopic (exact) mass is 594 g/mol. The van der Waals surface area contributed by atoms with E-state index in [2.05, 4.69) is 65.7 Å².